The molecule has 4 rings (SSSR count). The lowest BCUT2D eigenvalue weighted by molar-refractivity contribution is -0.678. The highest BCUT2D eigenvalue weighted by Gasteiger charge is 2.57. The molecule has 1 saturated heterocycles. The maximum Gasteiger partial charge on any atom is 0.418 e. The van der Waals surface area contributed by atoms with E-state index in [9.17, 15) is 27.9 Å². The summed E-state index contributed by atoms with van der Waals surface area (Å²) in [5.74, 6) is -3.99. The number of carbonyl (C=O) groups is 3. The van der Waals surface area contributed by atoms with E-state index < -0.39 is 64.4 Å². The number of β-lactam (4-membered cyclic amide) rings is 1. The van der Waals surface area contributed by atoms with Crippen LogP contribution in [0.1, 0.15) is 38.1 Å². The quantitative estimate of drug-likeness (QED) is 0.0544. The molecule has 0 unspecified atom stereocenters. The summed E-state index contributed by atoms with van der Waals surface area (Å²) in [7, 11) is -3.05. The number of nitrogen functional groups attached to an aromatic ring is 1. The van der Waals surface area contributed by atoms with Crippen molar-refractivity contribution in [3.05, 3.63) is 58.3 Å². The number of benzene rings is 1. The van der Waals surface area contributed by atoms with Gasteiger partial charge < -0.3 is 26.1 Å². The molecular weight excluding hydrogens is 692 g/mol. The van der Waals surface area contributed by atoms with Crippen LogP contribution in [0.5, 0.6) is 5.75 Å². The molecule has 2 atom stereocenters. The molecule has 1 fully saturated rings. The number of aliphatic carboxylic acids is 1. The van der Waals surface area contributed by atoms with Gasteiger partial charge in [-0.3, -0.25) is 14.1 Å². The van der Waals surface area contributed by atoms with E-state index in [1.807, 2.05) is 42.1 Å². The summed E-state index contributed by atoms with van der Waals surface area (Å²) in [5.41, 5.74) is 12.3. The number of thiazole rings is 1. The third kappa shape index (κ3) is 8.63. The van der Waals surface area contributed by atoms with E-state index in [0.29, 0.717) is 17.4 Å². The van der Waals surface area contributed by atoms with Crippen molar-refractivity contribution in [3.63, 3.8) is 0 Å². The van der Waals surface area contributed by atoms with Gasteiger partial charge in [-0.25, -0.2) is 14.3 Å². The third-order valence-electron chi connectivity index (χ3n) is 7.54. The number of pyridine rings is 1. The summed E-state index contributed by atoms with van der Waals surface area (Å²) in [6, 6.07) is 11.0. The fraction of sp³-hybridized carbons (Fsp3) is 0.379. The van der Waals surface area contributed by atoms with E-state index in [1.54, 1.807) is 12.1 Å². The lowest BCUT2D eigenvalue weighted by Gasteiger charge is -2.50. The molecule has 3 aromatic rings. The number of ether oxygens (including phenoxy) is 1. The van der Waals surface area contributed by atoms with E-state index in [4.69, 9.17) is 37.2 Å². The number of carboxylic acids is 1. The number of aryl methyl sites for hydroxylation is 2. The number of carbonyl (C=O) groups excluding carboxylic acids is 2. The molecule has 16 nitrogen and oxygen atoms in total. The van der Waals surface area contributed by atoms with Crippen molar-refractivity contribution in [2.75, 3.05) is 18.9 Å². The van der Waals surface area contributed by atoms with Gasteiger partial charge in [-0.2, -0.15) is 13.5 Å². The molecule has 0 spiro atoms. The van der Waals surface area contributed by atoms with Crippen molar-refractivity contribution in [1.29, 1.82) is 0 Å². The normalized spacial score (nSPS) is 16.7. The molecule has 0 bridgehead atoms. The van der Waals surface area contributed by atoms with Crippen LogP contribution >= 0.6 is 22.9 Å². The van der Waals surface area contributed by atoms with E-state index in [2.05, 4.69) is 14.4 Å². The highest BCUT2D eigenvalue weighted by atomic mass is 35.5. The Morgan fingerprint density at radius 1 is 1.21 bits per heavy atom. The molecule has 6 N–H and O–H groups in total. The number of rotatable bonds is 16. The zero-order valence-corrected chi connectivity index (χ0v) is 28.4. The molecule has 1 aliphatic rings. The van der Waals surface area contributed by atoms with Crippen LogP contribution in [-0.4, -0.2) is 76.3 Å². The van der Waals surface area contributed by atoms with Gasteiger partial charge >= 0.3 is 16.4 Å². The van der Waals surface area contributed by atoms with Crippen LogP contribution in [0.15, 0.2) is 47.8 Å². The predicted octanol–water partition coefficient (Wildman–Crippen LogP) is 1.95. The number of hydrogen-bond acceptors (Lipinski definition) is 13. The minimum absolute atomic E-state index is 0.0267. The largest absolute Gasteiger partial charge is 0.489 e. The number of Topliss-reactive ketones (excluding diaryl/α,β-unsaturated/α-hetero) is 1. The van der Waals surface area contributed by atoms with E-state index in [-0.39, 0.29) is 15.2 Å². The number of hydrogen-bond donors (Lipinski definition) is 4. The molecule has 0 saturated carbocycles. The maximum atomic E-state index is 13.4. The monoisotopic (exact) mass is 725 g/mol. The Hall–Kier alpha value is -4.20. The molecule has 1 amide bonds. The highest BCUT2D eigenvalue weighted by Crippen LogP contribution is 2.41. The Morgan fingerprint density at radius 3 is 2.42 bits per heavy atom. The molecule has 258 valence electrons. The Kier molecular flexibility index (Phi) is 11.4. The number of halogens is 1. The van der Waals surface area contributed by atoms with Gasteiger partial charge in [0.25, 0.3) is 12.0 Å². The number of hydroxylamine groups is 2. The Labute approximate surface area is 284 Å². The number of nitrogens with two attached hydrogens (primary N) is 2. The first kappa shape index (κ1) is 36.6. The Bertz CT molecular complexity index is 1830. The minimum atomic E-state index is -5.01. The predicted molar refractivity (Wildman–Crippen MR) is 173 cm³/mol. The average Bonchev–Trinajstić information content (AvgIpc) is 3.35. The first-order valence-electron chi connectivity index (χ1n) is 14.4. The van der Waals surface area contributed by atoms with Gasteiger partial charge in [0.15, 0.2) is 28.5 Å². The molecule has 0 aliphatic carbocycles. The molecular formula is C29H34ClN6O10S2+. The maximum absolute atomic E-state index is 13.4. The number of amides is 1. The Balaban J connectivity index is 1.47. The van der Waals surface area contributed by atoms with Crippen molar-refractivity contribution in [1.82, 2.24) is 10.0 Å². The average molecular weight is 726 g/mol. The fourth-order valence-corrected chi connectivity index (χ4v) is 6.25. The van der Waals surface area contributed by atoms with Gasteiger partial charge in [0.1, 0.15) is 29.4 Å². The Morgan fingerprint density at radius 2 is 1.88 bits per heavy atom. The van der Waals surface area contributed by atoms with Gasteiger partial charge in [-0.1, -0.05) is 40.2 Å². The van der Waals surface area contributed by atoms with E-state index in [0.717, 1.165) is 41.0 Å². The van der Waals surface area contributed by atoms with Crippen LogP contribution in [0.4, 0.5) is 5.13 Å². The first-order chi connectivity index (χ1) is 22.5. The van der Waals surface area contributed by atoms with E-state index in [1.165, 1.54) is 13.8 Å². The standard InChI is InChI=1S/C29H33ClN6O10S2/c1-29(2)20(26(38)36(29)46-48(41,42)43)13-21(37)23(24-25(30)47-28(32)33-24)34-45-22(27(39)40)15-44-19-10-7-16(8-11-19)17-6-9-18(5-4-12-31)35(3)14-17/h6-11,14,20,22H,4-5,12-13,15,31H2,1-3H3,(H3-,32,33,39,40,41,42,43)/p+1/b34-23+/t20-,22+/m1/s1. The number of nitrogens with zero attached hydrogens (tertiary/aromatic N) is 4. The van der Waals surface area contributed by atoms with Gasteiger partial charge in [0, 0.05) is 24.5 Å². The van der Waals surface area contributed by atoms with Gasteiger partial charge in [-0.05, 0) is 50.6 Å². The number of carboxylic acid groups (broad SMARTS) is 1. The summed E-state index contributed by atoms with van der Waals surface area (Å²) in [6.45, 7) is 2.92. The molecule has 19 heteroatoms. The summed E-state index contributed by atoms with van der Waals surface area (Å²) in [4.78, 5) is 47.3. The van der Waals surface area contributed by atoms with Gasteiger partial charge in [0.2, 0.25) is 0 Å². The van der Waals surface area contributed by atoms with Crippen molar-refractivity contribution in [2.45, 2.75) is 44.8 Å². The van der Waals surface area contributed by atoms with Crippen LogP contribution in [0.25, 0.3) is 11.1 Å². The van der Waals surface area contributed by atoms with Crippen LogP contribution in [0.3, 0.4) is 0 Å². The van der Waals surface area contributed by atoms with Crippen LogP contribution in [0.2, 0.25) is 4.34 Å². The summed E-state index contributed by atoms with van der Waals surface area (Å²) in [5, 5.41) is 13.9. The lowest BCUT2D eigenvalue weighted by atomic mass is 9.74. The molecule has 1 aromatic carbocycles. The third-order valence-corrected chi connectivity index (χ3v) is 8.96. The number of oxime groups is 1. The summed E-state index contributed by atoms with van der Waals surface area (Å²) >= 11 is 7.03. The fourth-order valence-electron chi connectivity index (χ4n) is 4.87. The van der Waals surface area contributed by atoms with Crippen molar-refractivity contribution in [2.24, 2.45) is 23.9 Å². The molecule has 48 heavy (non-hydrogen) atoms. The first-order valence-corrected chi connectivity index (χ1v) is 16.9. The second-order valence-electron chi connectivity index (χ2n) is 11.3. The summed E-state index contributed by atoms with van der Waals surface area (Å²) < 4.78 is 43.2. The molecule has 1 aliphatic heterocycles. The topological polar surface area (TPSA) is 238 Å². The highest BCUT2D eigenvalue weighted by molar-refractivity contribution is 7.80. The van der Waals surface area contributed by atoms with Crippen molar-refractivity contribution in [3.8, 4) is 16.9 Å². The SMILES string of the molecule is C[n+]1cc(-c2ccc(OC[C@H](O/N=C(\C(=O)C[C@@H]3C(=O)N(OS(=O)(=O)O)C3(C)C)c3nc(N)sc3Cl)C(=O)O)cc2)ccc1CCCN. The summed E-state index contributed by atoms with van der Waals surface area (Å²) in [6.07, 6.45) is 1.50. The molecule has 3 heterocycles. The van der Waals surface area contributed by atoms with Crippen LogP contribution in [-0.2, 0) is 47.4 Å². The van der Waals surface area contributed by atoms with Crippen LogP contribution < -0.4 is 20.8 Å². The zero-order valence-electron chi connectivity index (χ0n) is 26.0. The van der Waals surface area contributed by atoms with Gasteiger partial charge in [-0.15, -0.1) is 4.28 Å². The molecule has 2 aromatic heterocycles. The second-order valence-corrected chi connectivity index (χ2v) is 13.9. The number of anilines is 1. The van der Waals surface area contributed by atoms with Crippen molar-refractivity contribution >= 4 is 61.8 Å². The smallest absolute Gasteiger partial charge is 0.418 e. The second kappa shape index (κ2) is 14.9. The van der Waals surface area contributed by atoms with E-state index >= 15 is 0 Å². The van der Waals surface area contributed by atoms with Crippen molar-refractivity contribution < 1.29 is 50.9 Å². The molecule has 0 radical (unpaired) electrons. The minimum Gasteiger partial charge on any atom is -0.489 e. The van der Waals surface area contributed by atoms with Crippen LogP contribution in [0, 0.1) is 5.92 Å². The zero-order chi connectivity index (χ0) is 35.4. The van der Waals surface area contributed by atoms with Gasteiger partial charge in [0.05, 0.1) is 11.5 Å². The number of ketones is 1. The number of aromatic nitrogens is 2. The lowest BCUT2D eigenvalue weighted by Crippen LogP contribution is -2.68.